The topological polar surface area (TPSA) is 58.6 Å². The highest BCUT2D eigenvalue weighted by Crippen LogP contribution is 2.41. The zero-order valence-corrected chi connectivity index (χ0v) is 13.2. The third-order valence-electron chi connectivity index (χ3n) is 3.04. The SMILES string of the molecule is COCCNC(=O)CN1C(=O)CS[C@@H]1c1sccc1C. The molecule has 7 heteroatoms. The molecule has 2 heterocycles. The van der Waals surface area contributed by atoms with Crippen LogP contribution in [0.4, 0.5) is 0 Å². The fourth-order valence-electron chi connectivity index (χ4n) is 1.98. The molecule has 1 aromatic rings. The molecule has 1 fully saturated rings. The molecule has 1 N–H and O–H groups in total. The molecule has 110 valence electrons. The number of thioether (sulfide) groups is 1. The van der Waals surface area contributed by atoms with E-state index in [9.17, 15) is 9.59 Å². The first-order valence-corrected chi connectivity index (χ1v) is 8.27. The number of nitrogens with one attached hydrogen (secondary N) is 1. The van der Waals surface area contributed by atoms with E-state index in [2.05, 4.69) is 5.32 Å². The number of methoxy groups -OCH3 is 1. The monoisotopic (exact) mass is 314 g/mol. The third-order valence-corrected chi connectivity index (χ3v) is 5.48. The Kier molecular flexibility index (Phi) is 5.45. The molecule has 0 saturated carbocycles. The third kappa shape index (κ3) is 3.53. The number of ether oxygens (including phenoxy) is 1. The smallest absolute Gasteiger partial charge is 0.239 e. The van der Waals surface area contributed by atoms with Crippen molar-refractivity contribution in [2.75, 3.05) is 32.6 Å². The van der Waals surface area contributed by atoms with Crippen molar-refractivity contribution in [2.45, 2.75) is 12.3 Å². The fourth-order valence-corrected chi connectivity index (χ4v) is 4.45. The van der Waals surface area contributed by atoms with Gasteiger partial charge in [-0.15, -0.1) is 23.1 Å². The molecule has 5 nitrogen and oxygen atoms in total. The average molecular weight is 314 g/mol. The van der Waals surface area contributed by atoms with E-state index in [4.69, 9.17) is 4.74 Å². The van der Waals surface area contributed by atoms with Gasteiger partial charge in [0.2, 0.25) is 11.8 Å². The minimum Gasteiger partial charge on any atom is -0.383 e. The molecule has 0 aromatic carbocycles. The average Bonchev–Trinajstić information content (AvgIpc) is 2.97. The van der Waals surface area contributed by atoms with Crippen LogP contribution in [-0.4, -0.2) is 49.3 Å². The minimum absolute atomic E-state index is 0.0229. The first-order valence-electron chi connectivity index (χ1n) is 6.34. The summed E-state index contributed by atoms with van der Waals surface area (Å²) in [4.78, 5) is 26.6. The lowest BCUT2D eigenvalue weighted by atomic mass is 10.2. The Morgan fingerprint density at radius 2 is 2.40 bits per heavy atom. The molecule has 2 rings (SSSR count). The molecule has 2 amide bonds. The Balaban J connectivity index is 1.99. The molecule has 20 heavy (non-hydrogen) atoms. The van der Waals surface area contributed by atoms with Gasteiger partial charge >= 0.3 is 0 Å². The molecule has 1 aliphatic heterocycles. The number of nitrogens with zero attached hydrogens (tertiary/aromatic N) is 1. The Bertz CT molecular complexity index is 490. The van der Waals surface area contributed by atoms with Crippen LogP contribution in [0.2, 0.25) is 0 Å². The maximum Gasteiger partial charge on any atom is 0.239 e. The highest BCUT2D eigenvalue weighted by molar-refractivity contribution is 8.00. The van der Waals surface area contributed by atoms with Gasteiger partial charge in [0.1, 0.15) is 11.9 Å². The highest BCUT2D eigenvalue weighted by atomic mass is 32.2. The minimum atomic E-state index is -0.142. The molecule has 0 bridgehead atoms. The molecular weight excluding hydrogens is 296 g/mol. The lowest BCUT2D eigenvalue weighted by molar-refractivity contribution is -0.133. The lowest BCUT2D eigenvalue weighted by Crippen LogP contribution is -2.40. The summed E-state index contributed by atoms with van der Waals surface area (Å²) in [7, 11) is 1.59. The van der Waals surface area contributed by atoms with Gasteiger partial charge in [-0.25, -0.2) is 0 Å². The lowest BCUT2D eigenvalue weighted by Gasteiger charge is -2.23. The number of hydrogen-bond donors (Lipinski definition) is 1. The van der Waals surface area contributed by atoms with Crippen molar-refractivity contribution in [3.63, 3.8) is 0 Å². The number of hydrogen-bond acceptors (Lipinski definition) is 5. The van der Waals surface area contributed by atoms with Gasteiger partial charge in [0.05, 0.1) is 12.4 Å². The Morgan fingerprint density at radius 3 is 3.05 bits per heavy atom. The van der Waals surface area contributed by atoms with Gasteiger partial charge < -0.3 is 15.0 Å². The Morgan fingerprint density at radius 1 is 1.60 bits per heavy atom. The summed E-state index contributed by atoms with van der Waals surface area (Å²) in [6.45, 7) is 3.08. The number of carbonyl (C=O) groups is 2. The van der Waals surface area contributed by atoms with Crippen molar-refractivity contribution >= 4 is 34.9 Å². The molecule has 1 atom stereocenters. The number of rotatable bonds is 6. The van der Waals surface area contributed by atoms with Crippen LogP contribution in [0.5, 0.6) is 0 Å². The van der Waals surface area contributed by atoms with E-state index in [1.807, 2.05) is 18.4 Å². The molecular formula is C13H18N2O3S2. The van der Waals surface area contributed by atoms with E-state index in [1.165, 1.54) is 5.56 Å². The first kappa shape index (κ1) is 15.3. The van der Waals surface area contributed by atoms with Crippen molar-refractivity contribution in [1.29, 1.82) is 0 Å². The molecule has 0 radical (unpaired) electrons. The van der Waals surface area contributed by atoms with Crippen LogP contribution < -0.4 is 5.32 Å². The summed E-state index contributed by atoms with van der Waals surface area (Å²) in [6.07, 6.45) is 0. The van der Waals surface area contributed by atoms with Crippen LogP contribution >= 0.6 is 23.1 Å². The summed E-state index contributed by atoms with van der Waals surface area (Å²) in [5.74, 6) is 0.319. The quantitative estimate of drug-likeness (QED) is 0.806. The van der Waals surface area contributed by atoms with Crippen LogP contribution in [0.25, 0.3) is 0 Å². The maximum absolute atomic E-state index is 12.0. The second-order valence-corrected chi connectivity index (χ2v) is 6.51. The van der Waals surface area contributed by atoms with E-state index in [0.717, 1.165) is 4.88 Å². The van der Waals surface area contributed by atoms with Crippen LogP contribution in [0, 0.1) is 6.92 Å². The van der Waals surface area contributed by atoms with E-state index < -0.39 is 0 Å². The molecule has 0 aliphatic carbocycles. The van der Waals surface area contributed by atoms with Crippen LogP contribution in [-0.2, 0) is 14.3 Å². The van der Waals surface area contributed by atoms with Gasteiger partial charge in [0, 0.05) is 18.5 Å². The van der Waals surface area contributed by atoms with Crippen LogP contribution in [0.1, 0.15) is 15.8 Å². The summed E-state index contributed by atoms with van der Waals surface area (Å²) in [5.41, 5.74) is 1.17. The number of aryl methyl sites for hydroxylation is 1. The zero-order valence-electron chi connectivity index (χ0n) is 11.5. The van der Waals surface area contributed by atoms with E-state index in [0.29, 0.717) is 18.9 Å². The summed E-state index contributed by atoms with van der Waals surface area (Å²) >= 11 is 3.22. The van der Waals surface area contributed by atoms with Gasteiger partial charge in [-0.05, 0) is 23.9 Å². The van der Waals surface area contributed by atoms with Crippen molar-refractivity contribution in [1.82, 2.24) is 10.2 Å². The second-order valence-electron chi connectivity index (χ2n) is 4.50. The zero-order chi connectivity index (χ0) is 14.5. The normalized spacial score (nSPS) is 18.6. The molecule has 0 unspecified atom stereocenters. The van der Waals surface area contributed by atoms with Crippen molar-refractivity contribution in [3.8, 4) is 0 Å². The van der Waals surface area contributed by atoms with E-state index >= 15 is 0 Å². The van der Waals surface area contributed by atoms with Crippen molar-refractivity contribution < 1.29 is 14.3 Å². The highest BCUT2D eigenvalue weighted by Gasteiger charge is 2.35. The van der Waals surface area contributed by atoms with Crippen molar-refractivity contribution in [3.05, 3.63) is 21.9 Å². The summed E-state index contributed by atoms with van der Waals surface area (Å²) in [5, 5.41) is 4.73. The second kappa shape index (κ2) is 7.10. The number of thiophene rings is 1. The summed E-state index contributed by atoms with van der Waals surface area (Å²) in [6, 6.07) is 2.04. The molecule has 1 aliphatic rings. The maximum atomic E-state index is 12.0. The Labute approximate surface area is 126 Å². The predicted molar refractivity (Wildman–Crippen MR) is 80.9 cm³/mol. The molecule has 1 aromatic heterocycles. The molecule has 1 saturated heterocycles. The predicted octanol–water partition coefficient (Wildman–Crippen LogP) is 1.39. The van der Waals surface area contributed by atoms with Gasteiger partial charge in [0.25, 0.3) is 0 Å². The van der Waals surface area contributed by atoms with Gasteiger partial charge in [0.15, 0.2) is 0 Å². The van der Waals surface area contributed by atoms with Gasteiger partial charge in [-0.3, -0.25) is 9.59 Å². The van der Waals surface area contributed by atoms with Crippen LogP contribution in [0.15, 0.2) is 11.4 Å². The van der Waals surface area contributed by atoms with Crippen molar-refractivity contribution in [2.24, 2.45) is 0 Å². The number of carbonyl (C=O) groups excluding carboxylic acids is 2. The van der Waals surface area contributed by atoms with E-state index in [-0.39, 0.29) is 23.7 Å². The van der Waals surface area contributed by atoms with Gasteiger partial charge in [-0.1, -0.05) is 0 Å². The van der Waals surface area contributed by atoms with Crippen LogP contribution in [0.3, 0.4) is 0 Å². The Hall–Kier alpha value is -1.05. The largest absolute Gasteiger partial charge is 0.383 e. The number of amides is 2. The standard InChI is InChI=1S/C13H18N2O3S2/c1-9-3-6-19-12(9)13-15(11(17)8-20-13)7-10(16)14-4-5-18-2/h3,6,13H,4-5,7-8H2,1-2H3,(H,14,16)/t13-/m1/s1. The first-order chi connectivity index (χ1) is 9.63. The van der Waals surface area contributed by atoms with Gasteiger partial charge in [-0.2, -0.15) is 0 Å². The van der Waals surface area contributed by atoms with E-state index in [1.54, 1.807) is 35.1 Å². The summed E-state index contributed by atoms with van der Waals surface area (Å²) < 4.78 is 4.88. The fraction of sp³-hybridized carbons (Fsp3) is 0.538. The molecule has 0 spiro atoms.